The first-order chi connectivity index (χ1) is 13.6. The number of hydrogen-bond donors (Lipinski definition) is 1. The van der Waals surface area contributed by atoms with E-state index in [1.54, 1.807) is 0 Å². The van der Waals surface area contributed by atoms with Gasteiger partial charge in [0, 0.05) is 6.42 Å². The molecular formula is C19H14F5NO3S. The van der Waals surface area contributed by atoms with Gasteiger partial charge in [-0.05, 0) is 53.6 Å². The van der Waals surface area contributed by atoms with E-state index in [2.05, 4.69) is 4.74 Å². The van der Waals surface area contributed by atoms with E-state index in [1.807, 2.05) is 4.72 Å². The molecule has 4 nitrogen and oxygen atoms in total. The fraction of sp³-hybridized carbons (Fsp3) is 0.158. The molecule has 0 radical (unpaired) electrons. The zero-order valence-electron chi connectivity index (χ0n) is 14.6. The van der Waals surface area contributed by atoms with Gasteiger partial charge in [0.05, 0.1) is 4.90 Å². The van der Waals surface area contributed by atoms with Crippen LogP contribution >= 0.6 is 0 Å². The van der Waals surface area contributed by atoms with Gasteiger partial charge in [-0.25, -0.2) is 21.6 Å². The topological polar surface area (TPSA) is 55.4 Å². The molecule has 154 valence electrons. The molecule has 0 amide bonds. The smallest absolute Gasteiger partial charge is 0.293 e. The van der Waals surface area contributed by atoms with Gasteiger partial charge in [0.1, 0.15) is 17.5 Å². The molecule has 1 aliphatic carbocycles. The van der Waals surface area contributed by atoms with Crippen molar-refractivity contribution in [3.05, 3.63) is 83.7 Å². The summed E-state index contributed by atoms with van der Waals surface area (Å²) < 4.78 is 98.8. The molecule has 0 saturated carbocycles. The third-order valence-corrected chi connectivity index (χ3v) is 5.66. The molecule has 0 aromatic heterocycles. The maximum Gasteiger partial charge on any atom is 0.347 e. The second-order valence-electron chi connectivity index (χ2n) is 6.16. The first kappa shape index (κ1) is 21.2. The molecule has 2 aromatic carbocycles. The van der Waals surface area contributed by atoms with E-state index in [-0.39, 0.29) is 11.1 Å². The lowest BCUT2D eigenvalue weighted by Crippen LogP contribution is -2.53. The molecule has 10 heteroatoms. The highest BCUT2D eigenvalue weighted by Gasteiger charge is 2.45. The lowest BCUT2D eigenvalue weighted by atomic mass is 9.91. The Labute approximate surface area is 163 Å². The van der Waals surface area contributed by atoms with Crippen LogP contribution in [0.2, 0.25) is 0 Å². The van der Waals surface area contributed by atoms with Crippen molar-refractivity contribution in [1.29, 1.82) is 0 Å². The molecule has 0 heterocycles. The van der Waals surface area contributed by atoms with E-state index in [4.69, 9.17) is 0 Å². The van der Waals surface area contributed by atoms with Crippen LogP contribution in [0.4, 0.5) is 22.0 Å². The maximum absolute atomic E-state index is 14.6. The second kappa shape index (κ2) is 8.05. The Morgan fingerprint density at radius 3 is 2.28 bits per heavy atom. The van der Waals surface area contributed by atoms with E-state index in [1.165, 1.54) is 18.2 Å². The average Bonchev–Trinajstić information content (AvgIpc) is 2.63. The Balaban J connectivity index is 2.01. The molecule has 2 aromatic rings. The van der Waals surface area contributed by atoms with E-state index >= 15 is 0 Å². The highest BCUT2D eigenvalue weighted by Crippen LogP contribution is 2.38. The van der Waals surface area contributed by atoms with Crippen molar-refractivity contribution < 1.29 is 35.1 Å². The van der Waals surface area contributed by atoms with Gasteiger partial charge in [-0.15, -0.1) is 0 Å². The summed E-state index contributed by atoms with van der Waals surface area (Å²) in [5.41, 5.74) is -2.37. The van der Waals surface area contributed by atoms with E-state index in [9.17, 15) is 30.4 Å². The summed E-state index contributed by atoms with van der Waals surface area (Å²) in [6, 6.07) is 8.53. The normalized spacial score (nSPS) is 19.8. The van der Waals surface area contributed by atoms with E-state index < -0.39 is 51.1 Å². The minimum Gasteiger partial charge on any atom is -0.293 e. The SMILES string of the molecule is O=S(=O)(NC1(OC(F)F)CC(c2cccc(F)c2)=CC=C1F)c1ccc(F)cc1. The molecule has 1 unspecified atom stereocenters. The Morgan fingerprint density at radius 2 is 1.66 bits per heavy atom. The zero-order chi connectivity index (χ0) is 21.2. The highest BCUT2D eigenvalue weighted by atomic mass is 32.2. The summed E-state index contributed by atoms with van der Waals surface area (Å²) in [6.45, 7) is -3.53. The molecule has 0 fully saturated rings. The lowest BCUT2D eigenvalue weighted by Gasteiger charge is -2.35. The monoisotopic (exact) mass is 431 g/mol. The number of sulfonamides is 1. The molecule has 0 saturated heterocycles. The summed E-state index contributed by atoms with van der Waals surface area (Å²) in [5, 5.41) is 0. The van der Waals surface area contributed by atoms with Crippen LogP contribution in [0, 0.1) is 11.6 Å². The Bertz CT molecular complexity index is 1070. The molecule has 1 N–H and O–H groups in total. The average molecular weight is 431 g/mol. The number of ether oxygens (including phenoxy) is 1. The number of allylic oxidation sites excluding steroid dienone is 2. The van der Waals surface area contributed by atoms with Crippen LogP contribution in [-0.4, -0.2) is 20.8 Å². The van der Waals surface area contributed by atoms with Gasteiger partial charge in [0.15, 0.2) is 5.72 Å². The summed E-state index contributed by atoms with van der Waals surface area (Å²) in [7, 11) is -4.58. The Kier molecular flexibility index (Phi) is 5.87. The molecule has 1 atom stereocenters. The van der Waals surface area contributed by atoms with Gasteiger partial charge >= 0.3 is 6.61 Å². The third-order valence-electron chi connectivity index (χ3n) is 4.16. The summed E-state index contributed by atoms with van der Waals surface area (Å²) in [5.74, 6) is -2.66. The van der Waals surface area contributed by atoms with Gasteiger partial charge in [-0.3, -0.25) is 4.74 Å². The van der Waals surface area contributed by atoms with E-state index in [0.29, 0.717) is 0 Å². The van der Waals surface area contributed by atoms with Crippen LogP contribution in [0.3, 0.4) is 0 Å². The van der Waals surface area contributed by atoms with Crippen molar-refractivity contribution in [3.63, 3.8) is 0 Å². The summed E-state index contributed by atoms with van der Waals surface area (Å²) in [6.07, 6.45) is 1.30. The Morgan fingerprint density at radius 1 is 0.966 bits per heavy atom. The van der Waals surface area contributed by atoms with Crippen molar-refractivity contribution in [2.24, 2.45) is 0 Å². The summed E-state index contributed by atoms with van der Waals surface area (Å²) in [4.78, 5) is -0.481. The second-order valence-corrected chi connectivity index (χ2v) is 7.84. The first-order valence-electron chi connectivity index (χ1n) is 8.20. The van der Waals surface area contributed by atoms with Gasteiger partial charge in [0.25, 0.3) is 0 Å². The number of rotatable bonds is 6. The molecule has 29 heavy (non-hydrogen) atoms. The minimum atomic E-state index is -4.58. The van der Waals surface area contributed by atoms with Crippen molar-refractivity contribution in [2.45, 2.75) is 23.7 Å². The number of benzene rings is 2. The van der Waals surface area contributed by atoms with Crippen LogP contribution in [0.1, 0.15) is 12.0 Å². The minimum absolute atomic E-state index is 0.161. The van der Waals surface area contributed by atoms with Gasteiger partial charge < -0.3 is 0 Å². The van der Waals surface area contributed by atoms with Crippen molar-refractivity contribution in [2.75, 3.05) is 0 Å². The van der Waals surface area contributed by atoms with Gasteiger partial charge in [-0.2, -0.15) is 13.5 Å². The molecule has 0 bridgehead atoms. The van der Waals surface area contributed by atoms with Crippen LogP contribution in [0.5, 0.6) is 0 Å². The molecule has 0 spiro atoms. The third kappa shape index (κ3) is 4.72. The fourth-order valence-corrected chi connectivity index (χ4v) is 4.12. The van der Waals surface area contributed by atoms with E-state index in [0.717, 1.165) is 42.5 Å². The maximum atomic E-state index is 14.6. The standard InChI is InChI=1S/C19H14F5NO3S/c20-14-5-7-16(8-6-14)29(26,27)25-19(28-18(23)24)11-13(4-9-17(19)22)12-2-1-3-15(21)10-12/h1-10,18,25H,11H2. The predicted molar refractivity (Wildman–Crippen MR) is 94.7 cm³/mol. The zero-order valence-corrected chi connectivity index (χ0v) is 15.4. The molecule has 3 rings (SSSR count). The van der Waals surface area contributed by atoms with Gasteiger partial charge in [-0.1, -0.05) is 18.2 Å². The molecular weight excluding hydrogens is 417 g/mol. The number of halogens is 5. The quantitative estimate of drug-likeness (QED) is 0.541. The van der Waals surface area contributed by atoms with Crippen LogP contribution < -0.4 is 4.72 Å². The first-order valence-corrected chi connectivity index (χ1v) is 9.68. The molecule has 0 aliphatic heterocycles. The Hall–Kier alpha value is -2.56. The van der Waals surface area contributed by atoms with Crippen molar-refractivity contribution >= 4 is 15.6 Å². The largest absolute Gasteiger partial charge is 0.347 e. The molecule has 1 aliphatic rings. The van der Waals surface area contributed by atoms with Crippen LogP contribution in [0.15, 0.2) is 71.4 Å². The van der Waals surface area contributed by atoms with Crippen molar-refractivity contribution in [1.82, 2.24) is 4.72 Å². The predicted octanol–water partition coefficient (Wildman–Crippen LogP) is 4.52. The van der Waals surface area contributed by atoms with Crippen molar-refractivity contribution in [3.8, 4) is 0 Å². The fourth-order valence-electron chi connectivity index (χ4n) is 2.86. The number of nitrogens with one attached hydrogen (secondary N) is 1. The number of hydrogen-bond acceptors (Lipinski definition) is 3. The highest BCUT2D eigenvalue weighted by molar-refractivity contribution is 7.89. The van der Waals surface area contributed by atoms with Crippen LogP contribution in [-0.2, 0) is 14.8 Å². The number of alkyl halides is 2. The van der Waals surface area contributed by atoms with Crippen LogP contribution in [0.25, 0.3) is 5.57 Å². The summed E-state index contributed by atoms with van der Waals surface area (Å²) >= 11 is 0. The van der Waals surface area contributed by atoms with Gasteiger partial charge in [0.2, 0.25) is 10.0 Å². The lowest BCUT2D eigenvalue weighted by molar-refractivity contribution is -0.203.